The second-order valence-corrected chi connectivity index (χ2v) is 3.60. The van der Waals surface area contributed by atoms with E-state index in [4.69, 9.17) is 5.11 Å². The molecule has 1 atom stereocenters. The molecule has 0 amide bonds. The maximum Gasteiger partial charge on any atom is 0.336 e. The molecule has 14 heavy (non-hydrogen) atoms. The summed E-state index contributed by atoms with van der Waals surface area (Å²) < 4.78 is 0. The summed E-state index contributed by atoms with van der Waals surface area (Å²) in [5.74, 6) is -0.924. The van der Waals surface area contributed by atoms with E-state index in [1.54, 1.807) is 6.07 Å². The summed E-state index contributed by atoms with van der Waals surface area (Å²) in [5, 5.41) is 8.90. The number of carbonyl (C=O) groups excluding carboxylic acids is 1. The monoisotopic (exact) mass is 190 g/mol. The number of benzene rings is 1. The molecule has 0 bridgehead atoms. The maximum absolute atomic E-state index is 11.5. The van der Waals surface area contributed by atoms with E-state index in [0.29, 0.717) is 12.0 Å². The lowest BCUT2D eigenvalue weighted by molar-refractivity contribution is 0.0692. The Bertz CT molecular complexity index is 421. The molecule has 1 N–H and O–H groups in total. The van der Waals surface area contributed by atoms with Gasteiger partial charge in [0, 0.05) is 12.0 Å². The van der Waals surface area contributed by atoms with Crippen LogP contribution in [0.2, 0.25) is 0 Å². The molecule has 3 heteroatoms. The number of carboxylic acids is 1. The molecule has 2 rings (SSSR count). The molecule has 1 aliphatic rings. The number of rotatable bonds is 1. The van der Waals surface area contributed by atoms with Crippen molar-refractivity contribution in [3.05, 3.63) is 34.9 Å². The lowest BCUT2D eigenvalue weighted by Gasteiger charge is -2.04. The molecule has 0 saturated heterocycles. The molecular formula is C11H10O3. The smallest absolute Gasteiger partial charge is 0.336 e. The highest BCUT2D eigenvalue weighted by Gasteiger charge is 2.30. The Morgan fingerprint density at radius 1 is 1.50 bits per heavy atom. The second kappa shape index (κ2) is 2.94. The Morgan fingerprint density at radius 2 is 2.21 bits per heavy atom. The van der Waals surface area contributed by atoms with Gasteiger partial charge in [-0.15, -0.1) is 0 Å². The lowest BCUT2D eigenvalue weighted by Crippen LogP contribution is -2.05. The minimum atomic E-state index is -1.02. The Morgan fingerprint density at radius 3 is 2.86 bits per heavy atom. The van der Waals surface area contributed by atoms with Gasteiger partial charge >= 0.3 is 5.97 Å². The first-order valence-corrected chi connectivity index (χ1v) is 4.50. The van der Waals surface area contributed by atoms with Gasteiger partial charge in [0.15, 0.2) is 5.78 Å². The van der Waals surface area contributed by atoms with Crippen LogP contribution in [-0.2, 0) is 0 Å². The zero-order valence-electron chi connectivity index (χ0n) is 7.78. The summed E-state index contributed by atoms with van der Waals surface area (Å²) in [7, 11) is 0. The zero-order chi connectivity index (χ0) is 10.3. The van der Waals surface area contributed by atoms with Gasteiger partial charge in [0.25, 0.3) is 0 Å². The van der Waals surface area contributed by atoms with E-state index in [0.717, 1.165) is 5.56 Å². The Labute approximate surface area is 81.4 Å². The van der Waals surface area contributed by atoms with Crippen molar-refractivity contribution in [3.63, 3.8) is 0 Å². The van der Waals surface area contributed by atoms with Crippen LogP contribution < -0.4 is 0 Å². The van der Waals surface area contributed by atoms with Crippen molar-refractivity contribution in [1.29, 1.82) is 0 Å². The molecule has 0 spiro atoms. The van der Waals surface area contributed by atoms with Crippen LogP contribution in [0.15, 0.2) is 18.2 Å². The number of ketones is 1. The molecule has 0 aliphatic heterocycles. The van der Waals surface area contributed by atoms with Gasteiger partial charge < -0.3 is 5.11 Å². The van der Waals surface area contributed by atoms with Gasteiger partial charge in [-0.1, -0.05) is 19.1 Å². The summed E-state index contributed by atoms with van der Waals surface area (Å²) in [6.07, 6.45) is 0.430. The third-order valence-corrected chi connectivity index (χ3v) is 2.63. The average Bonchev–Trinajstić information content (AvgIpc) is 2.43. The number of Topliss-reactive ketones (excluding diaryl/α,β-unsaturated/α-hetero) is 1. The summed E-state index contributed by atoms with van der Waals surface area (Å²) >= 11 is 0. The standard InChI is InChI=1S/C11H10O3/c1-6-5-9(12)10-7(6)3-2-4-8(10)11(13)14/h2-4,6H,5H2,1H3,(H,13,14). The average molecular weight is 190 g/mol. The van der Waals surface area contributed by atoms with Crippen molar-refractivity contribution in [3.8, 4) is 0 Å². The first kappa shape index (κ1) is 8.94. The van der Waals surface area contributed by atoms with Crippen molar-refractivity contribution >= 4 is 11.8 Å². The van der Waals surface area contributed by atoms with Crippen LogP contribution in [0.1, 0.15) is 45.5 Å². The van der Waals surface area contributed by atoms with Crippen LogP contribution in [0.25, 0.3) is 0 Å². The lowest BCUT2D eigenvalue weighted by atomic mass is 10.00. The van der Waals surface area contributed by atoms with E-state index in [1.807, 2.05) is 13.0 Å². The fourth-order valence-corrected chi connectivity index (χ4v) is 1.96. The molecule has 1 aromatic rings. The van der Waals surface area contributed by atoms with Gasteiger partial charge in [-0.05, 0) is 17.5 Å². The van der Waals surface area contributed by atoms with E-state index in [9.17, 15) is 9.59 Å². The normalized spacial score (nSPS) is 19.5. The predicted octanol–water partition coefficient (Wildman–Crippen LogP) is 2.07. The van der Waals surface area contributed by atoms with Gasteiger partial charge in [-0.25, -0.2) is 4.79 Å². The number of hydrogen-bond acceptors (Lipinski definition) is 2. The van der Waals surface area contributed by atoms with Crippen molar-refractivity contribution in [2.75, 3.05) is 0 Å². The fraction of sp³-hybridized carbons (Fsp3) is 0.273. The van der Waals surface area contributed by atoms with Crippen molar-refractivity contribution in [1.82, 2.24) is 0 Å². The number of carbonyl (C=O) groups is 2. The largest absolute Gasteiger partial charge is 0.478 e. The van der Waals surface area contributed by atoms with Crippen molar-refractivity contribution < 1.29 is 14.7 Å². The van der Waals surface area contributed by atoms with E-state index in [1.165, 1.54) is 6.07 Å². The molecule has 0 saturated carbocycles. The molecule has 0 radical (unpaired) electrons. The summed E-state index contributed by atoms with van der Waals surface area (Å²) in [4.78, 5) is 22.4. The number of fused-ring (bicyclic) bond motifs is 1. The number of aromatic carboxylic acids is 1. The molecule has 1 aliphatic carbocycles. The van der Waals surface area contributed by atoms with Gasteiger partial charge in [0.05, 0.1) is 5.56 Å². The van der Waals surface area contributed by atoms with Gasteiger partial charge in [0.1, 0.15) is 0 Å². The molecule has 3 nitrogen and oxygen atoms in total. The maximum atomic E-state index is 11.5. The molecule has 0 fully saturated rings. The fourth-order valence-electron chi connectivity index (χ4n) is 1.96. The quantitative estimate of drug-likeness (QED) is 0.737. The van der Waals surface area contributed by atoms with E-state index >= 15 is 0 Å². The summed E-state index contributed by atoms with van der Waals surface area (Å²) in [6, 6.07) is 5.01. The topological polar surface area (TPSA) is 54.4 Å². The predicted molar refractivity (Wildman–Crippen MR) is 50.8 cm³/mol. The van der Waals surface area contributed by atoms with Crippen molar-refractivity contribution in [2.45, 2.75) is 19.3 Å². The first-order valence-electron chi connectivity index (χ1n) is 4.50. The Hall–Kier alpha value is -1.64. The van der Waals surface area contributed by atoms with E-state index in [2.05, 4.69) is 0 Å². The van der Waals surface area contributed by atoms with Crippen LogP contribution >= 0.6 is 0 Å². The van der Waals surface area contributed by atoms with Gasteiger partial charge in [0.2, 0.25) is 0 Å². The zero-order valence-corrected chi connectivity index (χ0v) is 7.78. The number of carboxylic acid groups (broad SMARTS) is 1. The molecule has 1 aromatic carbocycles. The first-order chi connectivity index (χ1) is 6.61. The number of hydrogen-bond donors (Lipinski definition) is 1. The van der Waals surface area contributed by atoms with E-state index < -0.39 is 5.97 Å². The van der Waals surface area contributed by atoms with Crippen LogP contribution in [0, 0.1) is 0 Å². The molecule has 0 aromatic heterocycles. The minimum absolute atomic E-state index is 0.0505. The highest BCUT2D eigenvalue weighted by Crippen LogP contribution is 2.34. The summed E-state index contributed by atoms with van der Waals surface area (Å²) in [6.45, 7) is 1.94. The molecule has 0 heterocycles. The van der Waals surface area contributed by atoms with E-state index in [-0.39, 0.29) is 17.3 Å². The minimum Gasteiger partial charge on any atom is -0.478 e. The SMILES string of the molecule is CC1CC(=O)c2c(C(=O)O)cccc21. The van der Waals surface area contributed by atoms with Crippen LogP contribution in [0.3, 0.4) is 0 Å². The molecule has 72 valence electrons. The highest BCUT2D eigenvalue weighted by atomic mass is 16.4. The van der Waals surface area contributed by atoms with Crippen LogP contribution in [0.4, 0.5) is 0 Å². The molecular weight excluding hydrogens is 180 g/mol. The Kier molecular flexibility index (Phi) is 1.88. The Balaban J connectivity index is 2.68. The molecule has 1 unspecified atom stereocenters. The second-order valence-electron chi connectivity index (χ2n) is 3.60. The van der Waals surface area contributed by atoms with Crippen LogP contribution in [-0.4, -0.2) is 16.9 Å². The van der Waals surface area contributed by atoms with Crippen molar-refractivity contribution in [2.24, 2.45) is 0 Å². The van der Waals surface area contributed by atoms with Crippen LogP contribution in [0.5, 0.6) is 0 Å². The highest BCUT2D eigenvalue weighted by molar-refractivity contribution is 6.09. The summed E-state index contributed by atoms with van der Waals surface area (Å²) in [5.41, 5.74) is 1.42. The third kappa shape index (κ3) is 1.13. The van der Waals surface area contributed by atoms with Gasteiger partial charge in [-0.3, -0.25) is 4.79 Å². The van der Waals surface area contributed by atoms with Gasteiger partial charge in [-0.2, -0.15) is 0 Å². The third-order valence-electron chi connectivity index (χ3n) is 2.63.